The zero-order valence-corrected chi connectivity index (χ0v) is 15.8. The number of pyridine rings is 1. The lowest BCUT2D eigenvalue weighted by molar-refractivity contribution is 0.0690. The number of aromatic nitrogens is 1. The van der Waals surface area contributed by atoms with Gasteiger partial charge in [-0.25, -0.2) is 9.78 Å². The van der Waals surface area contributed by atoms with Crippen molar-refractivity contribution in [1.82, 2.24) is 10.3 Å². The summed E-state index contributed by atoms with van der Waals surface area (Å²) in [5.41, 5.74) is 2.88. The van der Waals surface area contributed by atoms with Crippen LogP contribution in [0.2, 0.25) is 0 Å². The molecule has 5 heteroatoms. The molecule has 1 aromatic heterocycles. The van der Waals surface area contributed by atoms with Gasteiger partial charge in [0, 0.05) is 31.6 Å². The van der Waals surface area contributed by atoms with Gasteiger partial charge in [-0.05, 0) is 42.4 Å². The molecule has 1 aliphatic heterocycles. The average molecular weight is 365 g/mol. The van der Waals surface area contributed by atoms with E-state index in [4.69, 9.17) is 5.11 Å². The van der Waals surface area contributed by atoms with Crippen LogP contribution in [0, 0.1) is 5.41 Å². The lowest BCUT2D eigenvalue weighted by Gasteiger charge is -2.40. The second-order valence-electron chi connectivity index (χ2n) is 8.24. The summed E-state index contributed by atoms with van der Waals surface area (Å²) in [6.45, 7) is 5.41. The van der Waals surface area contributed by atoms with Crippen LogP contribution in [0.5, 0.6) is 0 Å². The molecule has 1 unspecified atom stereocenters. The first kappa shape index (κ1) is 18.0. The number of rotatable bonds is 6. The molecular formula is C22H27N3O2. The smallest absolute Gasteiger partial charge is 0.354 e. The fraction of sp³-hybridized carbons (Fsp3) is 0.455. The molecule has 2 heterocycles. The van der Waals surface area contributed by atoms with Crippen LogP contribution in [0.3, 0.4) is 0 Å². The van der Waals surface area contributed by atoms with E-state index in [1.54, 1.807) is 12.3 Å². The Balaban J connectivity index is 1.26. The maximum Gasteiger partial charge on any atom is 0.354 e. The molecule has 0 spiro atoms. The van der Waals surface area contributed by atoms with Gasteiger partial charge in [0.25, 0.3) is 0 Å². The van der Waals surface area contributed by atoms with Crippen molar-refractivity contribution in [2.75, 3.05) is 24.5 Å². The van der Waals surface area contributed by atoms with E-state index in [-0.39, 0.29) is 5.69 Å². The molecule has 2 aliphatic rings. The van der Waals surface area contributed by atoms with Crippen molar-refractivity contribution in [2.24, 2.45) is 5.41 Å². The number of hydrogen-bond donors (Lipinski definition) is 2. The topological polar surface area (TPSA) is 65.5 Å². The standard InChI is InChI=1S/C22H27N3O2/c1-22(15-24-20-13-18(20)16-5-3-2-4-6-16)9-11-25(12-10-22)17-7-8-19(21(26)27)23-14-17/h2-8,14,18,20,24H,9-13,15H2,1H3,(H,26,27)/t18?,20-/m1/s1. The van der Waals surface area contributed by atoms with Crippen LogP contribution in [0.25, 0.3) is 0 Å². The summed E-state index contributed by atoms with van der Waals surface area (Å²) >= 11 is 0. The number of carbonyl (C=O) groups is 1. The van der Waals surface area contributed by atoms with Gasteiger partial charge in [-0.1, -0.05) is 37.3 Å². The maximum absolute atomic E-state index is 10.9. The highest BCUT2D eigenvalue weighted by Crippen LogP contribution is 2.41. The van der Waals surface area contributed by atoms with E-state index in [1.165, 1.54) is 12.0 Å². The summed E-state index contributed by atoms with van der Waals surface area (Å²) < 4.78 is 0. The van der Waals surface area contributed by atoms with E-state index in [1.807, 2.05) is 6.07 Å². The number of carboxylic acids is 1. The van der Waals surface area contributed by atoms with Gasteiger partial charge < -0.3 is 15.3 Å². The monoisotopic (exact) mass is 365 g/mol. The minimum absolute atomic E-state index is 0.0993. The molecule has 0 bridgehead atoms. The van der Waals surface area contributed by atoms with Crippen LogP contribution < -0.4 is 10.2 Å². The van der Waals surface area contributed by atoms with E-state index in [0.29, 0.717) is 17.4 Å². The molecule has 1 aromatic carbocycles. The Bertz CT molecular complexity index is 783. The highest BCUT2D eigenvalue weighted by Gasteiger charge is 2.40. The Labute approximate surface area is 160 Å². The quantitative estimate of drug-likeness (QED) is 0.820. The fourth-order valence-electron chi connectivity index (χ4n) is 4.05. The second-order valence-corrected chi connectivity index (χ2v) is 8.24. The predicted octanol–water partition coefficient (Wildman–Crippen LogP) is 3.53. The van der Waals surface area contributed by atoms with Gasteiger partial charge in [0.15, 0.2) is 0 Å². The first-order chi connectivity index (χ1) is 13.0. The van der Waals surface area contributed by atoms with Gasteiger partial charge in [-0.3, -0.25) is 0 Å². The van der Waals surface area contributed by atoms with Gasteiger partial charge in [0.05, 0.1) is 11.9 Å². The average Bonchev–Trinajstić information content (AvgIpc) is 3.48. The van der Waals surface area contributed by atoms with Crippen molar-refractivity contribution in [2.45, 2.75) is 38.1 Å². The van der Waals surface area contributed by atoms with Crippen molar-refractivity contribution in [3.8, 4) is 0 Å². The molecule has 0 radical (unpaired) electrons. The van der Waals surface area contributed by atoms with Crippen LogP contribution in [0.4, 0.5) is 5.69 Å². The number of nitrogens with one attached hydrogen (secondary N) is 1. The first-order valence-electron chi connectivity index (χ1n) is 9.77. The lowest BCUT2D eigenvalue weighted by Crippen LogP contribution is -2.44. The molecular weight excluding hydrogens is 338 g/mol. The minimum Gasteiger partial charge on any atom is -0.477 e. The van der Waals surface area contributed by atoms with Crippen molar-refractivity contribution in [1.29, 1.82) is 0 Å². The third-order valence-electron chi connectivity index (χ3n) is 6.11. The van der Waals surface area contributed by atoms with Crippen LogP contribution in [-0.4, -0.2) is 41.7 Å². The Morgan fingerprint density at radius 3 is 2.59 bits per heavy atom. The van der Waals surface area contributed by atoms with Gasteiger partial charge in [-0.2, -0.15) is 0 Å². The SMILES string of the molecule is CC1(CN[C@@H]2CC2c2ccccc2)CCN(c2ccc(C(=O)O)nc2)CC1. The summed E-state index contributed by atoms with van der Waals surface area (Å²) in [4.78, 5) is 17.3. The van der Waals surface area contributed by atoms with E-state index >= 15 is 0 Å². The molecule has 2 atom stereocenters. The number of hydrogen-bond acceptors (Lipinski definition) is 4. The highest BCUT2D eigenvalue weighted by atomic mass is 16.4. The highest BCUT2D eigenvalue weighted by molar-refractivity contribution is 5.85. The van der Waals surface area contributed by atoms with Gasteiger partial charge in [-0.15, -0.1) is 0 Å². The van der Waals surface area contributed by atoms with E-state index in [2.05, 4.69) is 52.5 Å². The minimum atomic E-state index is -0.979. The lowest BCUT2D eigenvalue weighted by atomic mass is 9.80. The molecule has 4 rings (SSSR count). The number of benzene rings is 1. The van der Waals surface area contributed by atoms with Crippen LogP contribution >= 0.6 is 0 Å². The summed E-state index contributed by atoms with van der Waals surface area (Å²) in [7, 11) is 0. The normalized spacial score (nSPS) is 23.8. The summed E-state index contributed by atoms with van der Waals surface area (Å²) in [6.07, 6.45) is 5.18. The molecule has 2 aromatic rings. The van der Waals surface area contributed by atoms with Crippen LogP contribution in [0.1, 0.15) is 48.2 Å². The summed E-state index contributed by atoms with van der Waals surface area (Å²) in [5.74, 6) is -0.304. The van der Waals surface area contributed by atoms with E-state index in [0.717, 1.165) is 38.2 Å². The van der Waals surface area contributed by atoms with E-state index < -0.39 is 5.97 Å². The number of piperidine rings is 1. The number of nitrogens with zero attached hydrogens (tertiary/aromatic N) is 2. The fourth-order valence-corrected chi connectivity index (χ4v) is 4.05. The largest absolute Gasteiger partial charge is 0.477 e. The molecule has 5 nitrogen and oxygen atoms in total. The first-order valence-corrected chi connectivity index (χ1v) is 9.77. The molecule has 1 aliphatic carbocycles. The van der Waals surface area contributed by atoms with Gasteiger partial charge in [0.1, 0.15) is 5.69 Å². The number of aromatic carboxylic acids is 1. The van der Waals surface area contributed by atoms with Crippen molar-refractivity contribution >= 4 is 11.7 Å². The summed E-state index contributed by atoms with van der Waals surface area (Å²) in [5, 5.41) is 12.8. The molecule has 142 valence electrons. The summed E-state index contributed by atoms with van der Waals surface area (Å²) in [6, 6.07) is 14.9. The van der Waals surface area contributed by atoms with Gasteiger partial charge in [0.2, 0.25) is 0 Å². The van der Waals surface area contributed by atoms with Crippen molar-refractivity contribution < 1.29 is 9.90 Å². The molecule has 1 saturated heterocycles. The third-order valence-corrected chi connectivity index (χ3v) is 6.11. The molecule has 0 amide bonds. The Kier molecular flexibility index (Phi) is 4.87. The Hall–Kier alpha value is -2.40. The van der Waals surface area contributed by atoms with Gasteiger partial charge >= 0.3 is 5.97 Å². The number of anilines is 1. The van der Waals surface area contributed by atoms with Crippen LogP contribution in [-0.2, 0) is 0 Å². The zero-order chi connectivity index (χ0) is 18.9. The molecule has 1 saturated carbocycles. The predicted molar refractivity (Wildman–Crippen MR) is 106 cm³/mol. The maximum atomic E-state index is 10.9. The molecule has 27 heavy (non-hydrogen) atoms. The van der Waals surface area contributed by atoms with E-state index in [9.17, 15) is 4.79 Å². The zero-order valence-electron chi connectivity index (χ0n) is 15.8. The molecule has 2 N–H and O–H groups in total. The Morgan fingerprint density at radius 2 is 1.96 bits per heavy atom. The second kappa shape index (κ2) is 7.31. The van der Waals surface area contributed by atoms with Crippen molar-refractivity contribution in [3.05, 3.63) is 59.9 Å². The van der Waals surface area contributed by atoms with Crippen LogP contribution in [0.15, 0.2) is 48.7 Å². The Morgan fingerprint density at radius 1 is 1.22 bits per heavy atom. The molecule has 2 fully saturated rings. The number of carboxylic acid groups (broad SMARTS) is 1. The van der Waals surface area contributed by atoms with Crippen molar-refractivity contribution in [3.63, 3.8) is 0 Å². The third kappa shape index (κ3) is 4.14.